The minimum absolute atomic E-state index is 0.672. The van der Waals surface area contributed by atoms with Crippen LogP contribution in [0.4, 0.5) is 5.82 Å². The number of rotatable bonds is 8. The minimum atomic E-state index is 0.672. The molecule has 2 fully saturated rings. The van der Waals surface area contributed by atoms with Crippen molar-refractivity contribution in [3.05, 3.63) is 17.8 Å². The van der Waals surface area contributed by atoms with E-state index in [9.17, 15) is 0 Å². The maximum absolute atomic E-state index is 4.45. The number of nitrogens with zero attached hydrogens (tertiary/aromatic N) is 3. The summed E-state index contributed by atoms with van der Waals surface area (Å²) in [6, 6.07) is 5.01. The number of hydrogen-bond donors (Lipinski definition) is 1. The molecule has 0 spiro atoms. The predicted octanol–water partition coefficient (Wildman–Crippen LogP) is 2.60. The van der Waals surface area contributed by atoms with Crippen LogP contribution in [0.2, 0.25) is 0 Å². The van der Waals surface area contributed by atoms with E-state index >= 15 is 0 Å². The quantitative estimate of drug-likeness (QED) is 0.791. The Bertz CT molecular complexity index is 421. The van der Waals surface area contributed by atoms with Crippen LogP contribution in [0.3, 0.4) is 0 Å². The third kappa shape index (κ3) is 3.92. The Morgan fingerprint density at radius 2 is 2.00 bits per heavy atom. The molecule has 0 radical (unpaired) electrons. The van der Waals surface area contributed by atoms with Gasteiger partial charge >= 0.3 is 0 Å². The Morgan fingerprint density at radius 3 is 2.55 bits per heavy atom. The zero-order valence-electron chi connectivity index (χ0n) is 12.7. The maximum atomic E-state index is 4.45. The van der Waals surface area contributed by atoms with E-state index in [1.807, 2.05) is 0 Å². The molecule has 1 aromatic heterocycles. The van der Waals surface area contributed by atoms with E-state index < -0.39 is 0 Å². The van der Waals surface area contributed by atoms with Gasteiger partial charge in [0.1, 0.15) is 0 Å². The number of hydrogen-bond acceptors (Lipinski definition) is 4. The molecule has 1 heterocycles. The van der Waals surface area contributed by atoms with Gasteiger partial charge in [0.05, 0.1) is 5.69 Å². The Hall–Kier alpha value is -1.16. The van der Waals surface area contributed by atoms with E-state index in [0.717, 1.165) is 36.6 Å². The van der Waals surface area contributed by atoms with Crippen LogP contribution < -0.4 is 10.2 Å². The summed E-state index contributed by atoms with van der Waals surface area (Å²) in [4.78, 5) is 2.48. The summed E-state index contributed by atoms with van der Waals surface area (Å²) in [5.41, 5.74) is 1.04. The molecule has 1 N–H and O–H groups in total. The molecule has 0 unspecified atom stereocenters. The van der Waals surface area contributed by atoms with Gasteiger partial charge in [0.15, 0.2) is 5.82 Å². The van der Waals surface area contributed by atoms with E-state index in [-0.39, 0.29) is 0 Å². The third-order valence-corrected chi connectivity index (χ3v) is 4.00. The van der Waals surface area contributed by atoms with Crippen molar-refractivity contribution in [2.75, 3.05) is 18.0 Å². The van der Waals surface area contributed by atoms with Crippen LogP contribution in [0, 0.1) is 11.8 Å². The number of anilines is 1. The van der Waals surface area contributed by atoms with Crippen molar-refractivity contribution < 1.29 is 0 Å². The van der Waals surface area contributed by atoms with Crippen LogP contribution >= 0.6 is 0 Å². The van der Waals surface area contributed by atoms with Gasteiger partial charge in [0, 0.05) is 19.1 Å². The molecular weight excluding hydrogens is 248 g/mol. The molecule has 3 rings (SSSR count). The summed E-state index contributed by atoms with van der Waals surface area (Å²) < 4.78 is 0. The molecule has 4 heteroatoms. The Kier molecular flexibility index (Phi) is 4.20. The Morgan fingerprint density at radius 1 is 1.20 bits per heavy atom. The lowest BCUT2D eigenvalue weighted by molar-refractivity contribution is 0.545. The fourth-order valence-electron chi connectivity index (χ4n) is 2.48. The van der Waals surface area contributed by atoms with Gasteiger partial charge in [0.2, 0.25) is 0 Å². The normalized spacial score (nSPS) is 18.6. The smallest absolute Gasteiger partial charge is 0.151 e. The molecule has 4 nitrogen and oxygen atoms in total. The van der Waals surface area contributed by atoms with Crippen molar-refractivity contribution in [1.82, 2.24) is 15.5 Å². The van der Waals surface area contributed by atoms with Crippen molar-refractivity contribution in [2.24, 2.45) is 11.8 Å². The lowest BCUT2D eigenvalue weighted by Crippen LogP contribution is -2.29. The molecule has 2 saturated carbocycles. The van der Waals surface area contributed by atoms with Crippen molar-refractivity contribution in [3.8, 4) is 0 Å². The first-order chi connectivity index (χ1) is 9.72. The molecule has 2 aliphatic carbocycles. The second-order valence-corrected chi connectivity index (χ2v) is 6.73. The summed E-state index contributed by atoms with van der Waals surface area (Å²) in [6.07, 6.45) is 5.44. The number of nitrogens with one attached hydrogen (secondary N) is 1. The largest absolute Gasteiger partial charge is 0.352 e. The summed E-state index contributed by atoms with van der Waals surface area (Å²) in [7, 11) is 0. The summed E-state index contributed by atoms with van der Waals surface area (Å²) >= 11 is 0. The van der Waals surface area contributed by atoms with E-state index in [0.29, 0.717) is 5.92 Å². The summed E-state index contributed by atoms with van der Waals surface area (Å²) in [5, 5.41) is 12.2. The molecule has 0 aliphatic heterocycles. The van der Waals surface area contributed by atoms with Gasteiger partial charge < -0.3 is 10.2 Å². The molecule has 0 bridgehead atoms. The highest BCUT2D eigenvalue weighted by Crippen LogP contribution is 2.36. The van der Waals surface area contributed by atoms with Crippen molar-refractivity contribution in [3.63, 3.8) is 0 Å². The van der Waals surface area contributed by atoms with Crippen molar-refractivity contribution in [1.29, 1.82) is 0 Å². The maximum Gasteiger partial charge on any atom is 0.151 e. The highest BCUT2D eigenvalue weighted by Gasteiger charge is 2.34. The van der Waals surface area contributed by atoms with Crippen molar-refractivity contribution in [2.45, 2.75) is 52.1 Å². The average Bonchev–Trinajstić information content (AvgIpc) is 3.29. The molecule has 110 valence electrons. The van der Waals surface area contributed by atoms with Crippen molar-refractivity contribution >= 4 is 5.82 Å². The molecule has 0 saturated heterocycles. The van der Waals surface area contributed by atoms with Crippen LogP contribution in [-0.4, -0.2) is 29.3 Å². The van der Waals surface area contributed by atoms with Crippen LogP contribution in [0.15, 0.2) is 12.1 Å². The van der Waals surface area contributed by atoms with Crippen LogP contribution in [0.1, 0.15) is 45.2 Å². The predicted molar refractivity (Wildman–Crippen MR) is 81.7 cm³/mol. The topological polar surface area (TPSA) is 41.0 Å². The van der Waals surface area contributed by atoms with E-state index in [4.69, 9.17) is 0 Å². The first kappa shape index (κ1) is 13.8. The van der Waals surface area contributed by atoms with Gasteiger partial charge in [-0.2, -0.15) is 5.10 Å². The van der Waals surface area contributed by atoms with Gasteiger partial charge in [-0.3, -0.25) is 0 Å². The molecule has 0 atom stereocenters. The minimum Gasteiger partial charge on any atom is -0.352 e. The fraction of sp³-hybridized carbons (Fsp3) is 0.750. The van der Waals surface area contributed by atoms with Gasteiger partial charge in [0.25, 0.3) is 0 Å². The second-order valence-electron chi connectivity index (χ2n) is 6.73. The summed E-state index contributed by atoms with van der Waals surface area (Å²) in [5.74, 6) is 2.66. The van der Waals surface area contributed by atoms with Crippen LogP contribution in [0.5, 0.6) is 0 Å². The molecule has 0 amide bonds. The Labute approximate surface area is 122 Å². The molecule has 1 aromatic rings. The van der Waals surface area contributed by atoms with Crippen LogP contribution in [-0.2, 0) is 6.54 Å². The van der Waals surface area contributed by atoms with Gasteiger partial charge in [-0.25, -0.2) is 0 Å². The third-order valence-electron chi connectivity index (χ3n) is 4.00. The van der Waals surface area contributed by atoms with Gasteiger partial charge in [-0.05, 0) is 56.2 Å². The average molecular weight is 274 g/mol. The molecule has 0 aromatic carbocycles. The highest BCUT2D eigenvalue weighted by atomic mass is 15.3. The van der Waals surface area contributed by atoms with Gasteiger partial charge in [-0.15, -0.1) is 5.10 Å². The highest BCUT2D eigenvalue weighted by molar-refractivity contribution is 5.41. The van der Waals surface area contributed by atoms with Crippen LogP contribution in [0.25, 0.3) is 0 Å². The molecule has 20 heavy (non-hydrogen) atoms. The number of aromatic nitrogens is 2. The lowest BCUT2D eigenvalue weighted by atomic mass is 10.2. The second kappa shape index (κ2) is 6.08. The van der Waals surface area contributed by atoms with E-state index in [2.05, 4.69) is 46.4 Å². The molecular formula is C16H26N4. The first-order valence-electron chi connectivity index (χ1n) is 8.02. The fourth-order valence-corrected chi connectivity index (χ4v) is 2.48. The van der Waals surface area contributed by atoms with E-state index in [1.165, 1.54) is 32.2 Å². The standard InChI is InChI=1S/C16H26N4/c1-12(2)9-17-10-14-5-8-16(19-18-14)20(15-6-7-15)11-13-3-4-13/h5,8,12-13,15,17H,3-4,6-7,9-11H2,1-2H3. The summed E-state index contributed by atoms with van der Waals surface area (Å²) in [6.45, 7) is 7.46. The van der Waals surface area contributed by atoms with Gasteiger partial charge in [-0.1, -0.05) is 13.8 Å². The zero-order valence-corrected chi connectivity index (χ0v) is 12.7. The monoisotopic (exact) mass is 274 g/mol. The SMILES string of the molecule is CC(C)CNCc1ccc(N(CC2CC2)C2CC2)nn1. The van der Waals surface area contributed by atoms with E-state index in [1.54, 1.807) is 0 Å². The lowest BCUT2D eigenvalue weighted by Gasteiger charge is -2.22. The Balaban J connectivity index is 1.56. The first-order valence-corrected chi connectivity index (χ1v) is 8.02. The zero-order chi connectivity index (χ0) is 13.9. The molecule has 2 aliphatic rings.